The summed E-state index contributed by atoms with van der Waals surface area (Å²) in [4.78, 5) is 0. The molecule has 0 aromatic rings. The molecule has 0 rings (SSSR count). The third kappa shape index (κ3) is 6.01. The summed E-state index contributed by atoms with van der Waals surface area (Å²) in [6.07, 6.45) is 1.02. The highest BCUT2D eigenvalue weighted by atomic mass is 79.9. The van der Waals surface area contributed by atoms with E-state index < -0.39 is 6.10 Å². The highest BCUT2D eigenvalue weighted by molar-refractivity contribution is 9.11. The van der Waals surface area contributed by atoms with Gasteiger partial charge in [-0.3, -0.25) is 0 Å². The molecule has 0 saturated heterocycles. The van der Waals surface area contributed by atoms with Crippen LogP contribution in [0.5, 0.6) is 0 Å². The van der Waals surface area contributed by atoms with Crippen LogP contribution < -0.4 is 5.32 Å². The Balaban J connectivity index is 3.19. The Morgan fingerprint density at radius 1 is 1.80 bits per heavy atom. The van der Waals surface area contributed by atoms with Crippen molar-refractivity contribution in [1.29, 1.82) is 0 Å². The van der Waals surface area contributed by atoms with Crippen molar-refractivity contribution < 1.29 is 5.11 Å². The van der Waals surface area contributed by atoms with Crippen molar-refractivity contribution in [3.63, 3.8) is 0 Å². The predicted molar refractivity (Wildman–Crippen MR) is 47.1 cm³/mol. The lowest BCUT2D eigenvalue weighted by Crippen LogP contribution is -2.25. The van der Waals surface area contributed by atoms with Gasteiger partial charge in [-0.05, 0) is 0 Å². The Morgan fingerprint density at radius 3 is 2.80 bits per heavy atom. The zero-order valence-electron chi connectivity index (χ0n) is 5.81. The minimum atomic E-state index is -0.466. The van der Waals surface area contributed by atoms with Crippen LogP contribution in [0.3, 0.4) is 0 Å². The molecule has 3 heteroatoms. The molecule has 0 saturated carbocycles. The topological polar surface area (TPSA) is 32.3 Å². The zero-order chi connectivity index (χ0) is 7.98. The van der Waals surface area contributed by atoms with E-state index in [1.807, 2.05) is 0 Å². The molecule has 0 fully saturated rings. The van der Waals surface area contributed by atoms with Gasteiger partial charge in [-0.25, -0.2) is 0 Å². The molecular weight excluding hydrogens is 194 g/mol. The predicted octanol–water partition coefficient (Wildman–Crippen LogP) is 1.03. The smallest absolute Gasteiger partial charge is 0.0842 e. The largest absolute Gasteiger partial charge is 0.388 e. The fraction of sp³-hybridized carbons (Fsp3) is 0.429. The van der Waals surface area contributed by atoms with E-state index in [2.05, 4.69) is 34.4 Å². The molecule has 0 radical (unpaired) electrons. The summed E-state index contributed by atoms with van der Waals surface area (Å²) in [6, 6.07) is 0. The van der Waals surface area contributed by atoms with Crippen molar-refractivity contribution in [3.8, 4) is 0 Å². The Kier molecular flexibility index (Phi) is 5.58. The van der Waals surface area contributed by atoms with Gasteiger partial charge in [0.1, 0.15) is 0 Å². The number of hydrogen-bond acceptors (Lipinski definition) is 2. The second kappa shape index (κ2) is 5.65. The summed E-state index contributed by atoms with van der Waals surface area (Å²) in [5.41, 5.74) is 0. The van der Waals surface area contributed by atoms with Crippen molar-refractivity contribution in [2.45, 2.75) is 6.10 Å². The fourth-order valence-corrected chi connectivity index (χ4v) is 0.637. The Bertz CT molecular complexity index is 125. The van der Waals surface area contributed by atoms with Crippen LogP contribution in [0.15, 0.2) is 23.7 Å². The lowest BCUT2D eigenvalue weighted by Gasteiger charge is -2.05. The summed E-state index contributed by atoms with van der Waals surface area (Å²) in [5, 5.41) is 11.9. The summed E-state index contributed by atoms with van der Waals surface area (Å²) >= 11 is 3.18. The molecule has 0 aromatic carbocycles. The minimum Gasteiger partial charge on any atom is -0.388 e. The van der Waals surface area contributed by atoms with Crippen LogP contribution >= 0.6 is 15.9 Å². The van der Waals surface area contributed by atoms with E-state index in [1.165, 1.54) is 6.08 Å². The zero-order valence-corrected chi connectivity index (χ0v) is 7.39. The summed E-state index contributed by atoms with van der Waals surface area (Å²) < 4.78 is 0.878. The highest BCUT2D eigenvalue weighted by Gasteiger charge is 1.95. The minimum absolute atomic E-state index is 0.466. The van der Waals surface area contributed by atoms with Crippen LogP contribution in [0.4, 0.5) is 0 Å². The van der Waals surface area contributed by atoms with Gasteiger partial charge in [-0.15, -0.1) is 6.58 Å². The first kappa shape index (κ1) is 9.88. The second-order valence-corrected chi connectivity index (χ2v) is 3.07. The van der Waals surface area contributed by atoms with Gasteiger partial charge in [-0.2, -0.15) is 0 Å². The number of aliphatic hydroxyl groups excluding tert-OH is 1. The van der Waals surface area contributed by atoms with E-state index in [4.69, 9.17) is 5.11 Å². The van der Waals surface area contributed by atoms with Crippen molar-refractivity contribution in [3.05, 3.63) is 23.7 Å². The first-order valence-corrected chi connectivity index (χ1v) is 3.80. The first-order valence-electron chi connectivity index (χ1n) is 3.01. The van der Waals surface area contributed by atoms with E-state index in [1.54, 1.807) is 0 Å². The third-order valence-corrected chi connectivity index (χ3v) is 1.22. The van der Waals surface area contributed by atoms with Crippen LogP contribution in [0.1, 0.15) is 0 Å². The molecule has 0 aromatic heterocycles. The van der Waals surface area contributed by atoms with Crippen molar-refractivity contribution in [1.82, 2.24) is 5.32 Å². The summed E-state index contributed by atoms with van der Waals surface area (Å²) in [6.45, 7) is 8.25. The number of hydrogen-bond donors (Lipinski definition) is 2. The fourth-order valence-electron chi connectivity index (χ4n) is 0.439. The van der Waals surface area contributed by atoms with Gasteiger partial charge in [0.25, 0.3) is 0 Å². The van der Waals surface area contributed by atoms with Crippen molar-refractivity contribution >= 4 is 15.9 Å². The first-order chi connectivity index (χ1) is 4.66. The van der Waals surface area contributed by atoms with Crippen LogP contribution in [0.25, 0.3) is 0 Å². The maximum absolute atomic E-state index is 8.95. The molecule has 2 nitrogen and oxygen atoms in total. The van der Waals surface area contributed by atoms with Gasteiger partial charge in [0, 0.05) is 17.6 Å². The van der Waals surface area contributed by atoms with E-state index in [9.17, 15) is 0 Å². The van der Waals surface area contributed by atoms with Gasteiger partial charge in [-0.1, -0.05) is 28.6 Å². The molecule has 0 spiro atoms. The normalized spacial score (nSPS) is 12.6. The van der Waals surface area contributed by atoms with E-state index in [-0.39, 0.29) is 0 Å². The summed E-state index contributed by atoms with van der Waals surface area (Å²) in [7, 11) is 0. The van der Waals surface area contributed by atoms with Gasteiger partial charge in [0.05, 0.1) is 6.10 Å². The lowest BCUT2D eigenvalue weighted by atomic mass is 10.3. The molecule has 1 unspecified atom stereocenters. The Labute approximate surface area is 69.8 Å². The molecule has 0 amide bonds. The lowest BCUT2D eigenvalue weighted by molar-refractivity contribution is 0.221. The second-order valence-electron chi connectivity index (χ2n) is 1.95. The molecule has 2 N–H and O–H groups in total. The van der Waals surface area contributed by atoms with Gasteiger partial charge in [0.15, 0.2) is 0 Å². The van der Waals surface area contributed by atoms with Gasteiger partial charge in [0.2, 0.25) is 0 Å². The van der Waals surface area contributed by atoms with Crippen LogP contribution in [0, 0.1) is 0 Å². The summed E-state index contributed by atoms with van der Waals surface area (Å²) in [5.74, 6) is 0. The monoisotopic (exact) mass is 205 g/mol. The van der Waals surface area contributed by atoms with Crippen LogP contribution in [-0.4, -0.2) is 24.3 Å². The van der Waals surface area contributed by atoms with E-state index >= 15 is 0 Å². The van der Waals surface area contributed by atoms with Gasteiger partial charge < -0.3 is 10.4 Å². The molecule has 0 aliphatic rings. The number of nitrogens with one attached hydrogen (secondary N) is 1. The van der Waals surface area contributed by atoms with Crippen molar-refractivity contribution in [2.75, 3.05) is 13.1 Å². The average Bonchev–Trinajstić information content (AvgIpc) is 1.87. The van der Waals surface area contributed by atoms with E-state index in [0.717, 1.165) is 4.48 Å². The van der Waals surface area contributed by atoms with E-state index in [0.29, 0.717) is 13.1 Å². The molecule has 1 atom stereocenters. The number of aliphatic hydroxyl groups is 1. The van der Waals surface area contributed by atoms with Crippen LogP contribution in [0.2, 0.25) is 0 Å². The standard InChI is InChI=1S/C7H12BrNO/c1-3-7(10)5-9-4-6(2)8/h3,7,9-10H,1-2,4-5H2. The number of rotatable bonds is 5. The van der Waals surface area contributed by atoms with Crippen molar-refractivity contribution in [2.24, 2.45) is 0 Å². The quantitative estimate of drug-likeness (QED) is 0.658. The Hall–Kier alpha value is -0.120. The van der Waals surface area contributed by atoms with Crippen LogP contribution in [-0.2, 0) is 0 Å². The highest BCUT2D eigenvalue weighted by Crippen LogP contribution is 1.96. The maximum Gasteiger partial charge on any atom is 0.0842 e. The molecular formula is C7H12BrNO. The number of halogens is 1. The third-order valence-electron chi connectivity index (χ3n) is 0.942. The molecule has 0 heterocycles. The molecule has 0 bridgehead atoms. The molecule has 0 aliphatic carbocycles. The molecule has 0 aliphatic heterocycles. The maximum atomic E-state index is 8.95. The Morgan fingerprint density at radius 2 is 2.40 bits per heavy atom. The SMILES string of the molecule is C=CC(O)CNCC(=C)Br. The molecule has 58 valence electrons. The van der Waals surface area contributed by atoms with Gasteiger partial charge >= 0.3 is 0 Å². The average molecular weight is 206 g/mol. The molecule has 10 heavy (non-hydrogen) atoms.